The first-order valence-electron chi connectivity index (χ1n) is 14.4. The second-order valence-electron chi connectivity index (χ2n) is 13.7. The van der Waals surface area contributed by atoms with Crippen molar-refractivity contribution in [3.63, 3.8) is 0 Å². The van der Waals surface area contributed by atoms with Crippen LogP contribution >= 0.6 is 0 Å². The van der Waals surface area contributed by atoms with Gasteiger partial charge in [-0.2, -0.15) is 0 Å². The summed E-state index contributed by atoms with van der Waals surface area (Å²) in [6.45, 7) is 7.27. The Morgan fingerprint density at radius 2 is 0.667 bits per heavy atom. The zero-order chi connectivity index (χ0) is 21.1. The molecule has 0 amide bonds. The maximum absolute atomic E-state index is 2.43. The summed E-state index contributed by atoms with van der Waals surface area (Å²) < 4.78 is 0. The van der Waals surface area contributed by atoms with Crippen molar-refractivity contribution in [2.24, 2.45) is 34.0 Å². The molecule has 0 saturated heterocycles. The van der Waals surface area contributed by atoms with E-state index in [9.17, 15) is 0 Å². The third-order valence-corrected chi connectivity index (χ3v) is 10.8. The molecular formula is C30H54. The van der Waals surface area contributed by atoms with E-state index in [1.807, 2.05) is 0 Å². The van der Waals surface area contributed by atoms with Gasteiger partial charge in [-0.15, -0.1) is 0 Å². The highest BCUT2D eigenvalue weighted by atomic mass is 14.5. The Kier molecular flexibility index (Phi) is 7.62. The van der Waals surface area contributed by atoms with E-state index < -0.39 is 0 Å². The molecule has 0 N–H and O–H groups in total. The van der Waals surface area contributed by atoms with Crippen molar-refractivity contribution in [2.45, 2.75) is 156 Å². The third-order valence-electron chi connectivity index (χ3n) is 10.8. The van der Waals surface area contributed by atoms with E-state index in [1.165, 1.54) is 57.8 Å². The van der Waals surface area contributed by atoms with Gasteiger partial charge < -0.3 is 0 Å². The van der Waals surface area contributed by atoms with Crippen LogP contribution < -0.4 is 0 Å². The van der Waals surface area contributed by atoms with E-state index in [2.05, 4.69) is 20.8 Å². The highest BCUT2D eigenvalue weighted by Gasteiger charge is 2.42. The van der Waals surface area contributed by atoms with Gasteiger partial charge in [-0.25, -0.2) is 0 Å². The molecule has 0 heterocycles. The van der Waals surface area contributed by atoms with Gasteiger partial charge in [0.15, 0.2) is 0 Å². The van der Waals surface area contributed by atoms with E-state index in [1.54, 1.807) is 77.0 Å². The summed E-state index contributed by atoms with van der Waals surface area (Å²) in [6.07, 6.45) is 32.3. The Morgan fingerprint density at radius 3 is 0.900 bits per heavy atom. The summed E-state index contributed by atoms with van der Waals surface area (Å²) in [4.78, 5) is 0. The second kappa shape index (κ2) is 9.87. The first kappa shape index (κ1) is 23.2. The summed E-state index contributed by atoms with van der Waals surface area (Å²) in [5.41, 5.74) is 2.59. The Morgan fingerprint density at radius 1 is 0.367 bits per heavy atom. The van der Waals surface area contributed by atoms with Gasteiger partial charge in [0.05, 0.1) is 0 Å². The molecule has 3 spiro atoms. The van der Waals surface area contributed by atoms with E-state index in [0.717, 1.165) is 34.0 Å². The van der Waals surface area contributed by atoms with E-state index in [4.69, 9.17) is 0 Å². The lowest BCUT2D eigenvalue weighted by Gasteiger charge is -2.38. The molecule has 6 aliphatic rings. The fraction of sp³-hybridized carbons (Fsp3) is 1.00. The first-order valence-corrected chi connectivity index (χ1v) is 14.4. The average molecular weight is 415 g/mol. The molecule has 0 aromatic rings. The first-order chi connectivity index (χ1) is 14.4. The highest BCUT2D eigenvalue weighted by Crippen LogP contribution is 2.55. The third kappa shape index (κ3) is 5.67. The van der Waals surface area contributed by atoms with Gasteiger partial charge in [-0.1, -0.05) is 78.6 Å². The fourth-order valence-electron chi connectivity index (χ4n) is 8.95. The molecule has 6 rings (SSSR count). The van der Waals surface area contributed by atoms with Gasteiger partial charge in [0, 0.05) is 0 Å². The number of rotatable bonds is 0. The molecule has 174 valence electrons. The molecule has 0 unspecified atom stereocenters. The van der Waals surface area contributed by atoms with Crippen molar-refractivity contribution in [1.82, 2.24) is 0 Å². The Bertz CT molecular complexity index is 509. The standard InChI is InChI=1S/C11H20.C10H18.C9H16/c1-10-5-8-11(9-10)6-3-2-4-7-11;1-9-4-7-10(8-9)5-2-3-6-10;1-8-3-6-9(7-8)4-2-5-9/h10H,2-9H2,1H3;9H,2-8H2,1H3;8H,2-7H2,1H3/t10-;9-;8-/m111/s1. The molecule has 0 aromatic carbocycles. The van der Waals surface area contributed by atoms with Crippen molar-refractivity contribution in [3.05, 3.63) is 0 Å². The summed E-state index contributed by atoms with van der Waals surface area (Å²) in [6, 6.07) is 0. The van der Waals surface area contributed by atoms with Crippen LogP contribution in [0.1, 0.15) is 156 Å². The Hall–Kier alpha value is 0. The topological polar surface area (TPSA) is 0 Å². The zero-order valence-electron chi connectivity index (χ0n) is 21.1. The maximum Gasteiger partial charge on any atom is -0.0295 e. The van der Waals surface area contributed by atoms with Crippen molar-refractivity contribution >= 4 is 0 Å². The van der Waals surface area contributed by atoms with E-state index in [-0.39, 0.29) is 0 Å². The van der Waals surface area contributed by atoms with Crippen LogP contribution in [-0.2, 0) is 0 Å². The lowest BCUT2D eigenvalue weighted by Crippen LogP contribution is -2.25. The van der Waals surface area contributed by atoms with Gasteiger partial charge >= 0.3 is 0 Å². The normalized spacial score (nSPS) is 37.5. The lowest BCUT2D eigenvalue weighted by atomic mass is 9.67. The molecule has 0 radical (unpaired) electrons. The Balaban J connectivity index is 0.000000109. The van der Waals surface area contributed by atoms with Crippen LogP contribution in [0.4, 0.5) is 0 Å². The highest BCUT2D eigenvalue weighted by molar-refractivity contribution is 4.93. The van der Waals surface area contributed by atoms with Gasteiger partial charge in [0.2, 0.25) is 0 Å². The summed E-state index contributed by atoms with van der Waals surface area (Å²) in [5, 5.41) is 0. The molecule has 0 heteroatoms. The van der Waals surface area contributed by atoms with Crippen LogP contribution in [0.25, 0.3) is 0 Å². The van der Waals surface area contributed by atoms with Crippen LogP contribution in [0.3, 0.4) is 0 Å². The summed E-state index contributed by atoms with van der Waals surface area (Å²) in [5.74, 6) is 3.12. The van der Waals surface area contributed by atoms with Gasteiger partial charge in [0.1, 0.15) is 0 Å². The molecule has 30 heavy (non-hydrogen) atoms. The zero-order valence-corrected chi connectivity index (χ0v) is 21.1. The number of hydrogen-bond acceptors (Lipinski definition) is 0. The van der Waals surface area contributed by atoms with Crippen molar-refractivity contribution in [1.29, 1.82) is 0 Å². The van der Waals surface area contributed by atoms with Gasteiger partial charge in [0.25, 0.3) is 0 Å². The van der Waals surface area contributed by atoms with E-state index >= 15 is 0 Å². The monoisotopic (exact) mass is 414 g/mol. The fourth-order valence-corrected chi connectivity index (χ4v) is 8.95. The minimum Gasteiger partial charge on any atom is -0.0625 e. The SMILES string of the molecule is C[C@@H]1CCC2(CCC2)C1.C[C@@H]1CCC2(CCCC2)C1.C[C@@H]1CCC2(CCCCC2)C1. The van der Waals surface area contributed by atoms with E-state index in [0.29, 0.717) is 0 Å². The van der Waals surface area contributed by atoms with Gasteiger partial charge in [-0.3, -0.25) is 0 Å². The van der Waals surface area contributed by atoms with Crippen LogP contribution in [0, 0.1) is 34.0 Å². The molecule has 0 aliphatic heterocycles. The summed E-state index contributed by atoms with van der Waals surface area (Å²) >= 11 is 0. The van der Waals surface area contributed by atoms with Gasteiger partial charge in [-0.05, 0) is 111 Å². The molecule has 0 bridgehead atoms. The van der Waals surface area contributed by atoms with Crippen LogP contribution in [0.15, 0.2) is 0 Å². The molecule has 6 aliphatic carbocycles. The minimum absolute atomic E-state index is 0.845. The largest absolute Gasteiger partial charge is 0.0625 e. The molecular weight excluding hydrogens is 360 g/mol. The smallest absolute Gasteiger partial charge is 0.0295 e. The average Bonchev–Trinajstić information content (AvgIpc) is 3.48. The van der Waals surface area contributed by atoms with Crippen LogP contribution in [0.2, 0.25) is 0 Å². The van der Waals surface area contributed by atoms with Crippen LogP contribution in [-0.4, -0.2) is 0 Å². The Labute approximate surface area is 189 Å². The molecule has 0 aromatic heterocycles. The molecule has 3 atom stereocenters. The molecule has 6 saturated carbocycles. The second-order valence-corrected chi connectivity index (χ2v) is 13.7. The van der Waals surface area contributed by atoms with Crippen molar-refractivity contribution < 1.29 is 0 Å². The molecule has 6 fully saturated rings. The minimum atomic E-state index is 0.845. The predicted molar refractivity (Wildman–Crippen MR) is 132 cm³/mol. The molecule has 0 nitrogen and oxygen atoms in total. The predicted octanol–water partition coefficient (Wildman–Crippen LogP) is 10.1. The van der Waals surface area contributed by atoms with Crippen molar-refractivity contribution in [2.75, 3.05) is 0 Å². The lowest BCUT2D eigenvalue weighted by molar-refractivity contribution is 0.138. The quantitative estimate of drug-likeness (QED) is 0.370. The maximum atomic E-state index is 2.43. The summed E-state index contributed by atoms with van der Waals surface area (Å²) in [7, 11) is 0. The van der Waals surface area contributed by atoms with Crippen molar-refractivity contribution in [3.8, 4) is 0 Å². The van der Waals surface area contributed by atoms with Crippen LogP contribution in [0.5, 0.6) is 0 Å². The number of hydrogen-bond donors (Lipinski definition) is 0.